The topological polar surface area (TPSA) is 72.6 Å². The maximum absolute atomic E-state index is 12.0. The Morgan fingerprint density at radius 3 is 2.95 bits per heavy atom. The van der Waals surface area contributed by atoms with Gasteiger partial charge in [-0.05, 0) is 31.5 Å². The number of benzene rings is 1. The number of rotatable bonds is 3. The molecule has 0 spiro atoms. The molecular formula is C14H18N2O3. The van der Waals surface area contributed by atoms with E-state index in [9.17, 15) is 9.59 Å². The van der Waals surface area contributed by atoms with E-state index in [-0.39, 0.29) is 24.2 Å². The van der Waals surface area contributed by atoms with Crippen molar-refractivity contribution >= 4 is 23.3 Å². The number of nitrogens with zero attached hydrogens (tertiary/aromatic N) is 1. The minimum atomic E-state index is -0.381. The van der Waals surface area contributed by atoms with Gasteiger partial charge in [-0.2, -0.15) is 0 Å². The van der Waals surface area contributed by atoms with E-state index in [1.54, 1.807) is 24.0 Å². The highest BCUT2D eigenvalue weighted by molar-refractivity contribution is 6.00. The molecule has 1 atom stereocenters. The monoisotopic (exact) mass is 262 g/mol. The van der Waals surface area contributed by atoms with Crippen LogP contribution in [0.25, 0.3) is 0 Å². The lowest BCUT2D eigenvalue weighted by Crippen LogP contribution is -2.27. The summed E-state index contributed by atoms with van der Waals surface area (Å²) in [5.74, 6) is -0.750. The lowest BCUT2D eigenvalue weighted by molar-refractivity contribution is -0.147. The summed E-state index contributed by atoms with van der Waals surface area (Å²) < 4.78 is 4.97. The second kappa shape index (κ2) is 5.30. The van der Waals surface area contributed by atoms with E-state index >= 15 is 0 Å². The molecular weight excluding hydrogens is 244 g/mol. The molecule has 1 unspecified atom stereocenters. The SMILES string of the molecule is CCOC(=O)C1CC(=O)N(c2cc(N)ccc2C)C1. The summed E-state index contributed by atoms with van der Waals surface area (Å²) in [6.45, 7) is 4.37. The van der Waals surface area contributed by atoms with Crippen LogP contribution in [-0.4, -0.2) is 25.0 Å². The number of nitrogen functional groups attached to an aromatic ring is 1. The number of aryl methyl sites for hydroxylation is 1. The second-order valence-electron chi connectivity index (χ2n) is 4.70. The molecule has 2 N–H and O–H groups in total. The summed E-state index contributed by atoms with van der Waals surface area (Å²) in [5.41, 5.74) is 8.10. The number of ether oxygens (including phenoxy) is 1. The average Bonchev–Trinajstić information content (AvgIpc) is 2.75. The average molecular weight is 262 g/mol. The third-order valence-electron chi connectivity index (χ3n) is 3.27. The number of esters is 1. The van der Waals surface area contributed by atoms with Gasteiger partial charge in [-0.1, -0.05) is 6.07 Å². The molecule has 1 saturated heterocycles. The van der Waals surface area contributed by atoms with Gasteiger partial charge in [0.2, 0.25) is 5.91 Å². The van der Waals surface area contributed by atoms with Crippen LogP contribution in [0.1, 0.15) is 18.9 Å². The molecule has 1 aromatic carbocycles. The van der Waals surface area contributed by atoms with Gasteiger partial charge in [-0.25, -0.2) is 0 Å². The first-order valence-corrected chi connectivity index (χ1v) is 6.36. The van der Waals surface area contributed by atoms with Gasteiger partial charge in [0.1, 0.15) is 0 Å². The Labute approximate surface area is 112 Å². The highest BCUT2D eigenvalue weighted by Gasteiger charge is 2.36. The molecule has 19 heavy (non-hydrogen) atoms. The van der Waals surface area contributed by atoms with Crippen molar-refractivity contribution in [3.63, 3.8) is 0 Å². The molecule has 0 aromatic heterocycles. The molecule has 1 aromatic rings. The van der Waals surface area contributed by atoms with E-state index in [1.807, 2.05) is 13.0 Å². The maximum atomic E-state index is 12.0. The molecule has 2 rings (SSSR count). The Bertz CT molecular complexity index is 513. The number of carbonyl (C=O) groups is 2. The molecule has 1 amide bonds. The third kappa shape index (κ3) is 2.70. The van der Waals surface area contributed by atoms with Crippen LogP contribution in [0.5, 0.6) is 0 Å². The Balaban J connectivity index is 2.20. The van der Waals surface area contributed by atoms with Crippen LogP contribution in [0.4, 0.5) is 11.4 Å². The van der Waals surface area contributed by atoms with Crippen LogP contribution in [0, 0.1) is 12.8 Å². The molecule has 0 radical (unpaired) electrons. The van der Waals surface area contributed by atoms with Crippen molar-refractivity contribution in [2.45, 2.75) is 20.3 Å². The van der Waals surface area contributed by atoms with E-state index in [1.165, 1.54) is 0 Å². The first-order chi connectivity index (χ1) is 9.02. The van der Waals surface area contributed by atoms with Gasteiger partial charge in [0.15, 0.2) is 0 Å². The zero-order chi connectivity index (χ0) is 14.0. The van der Waals surface area contributed by atoms with Crippen molar-refractivity contribution in [2.75, 3.05) is 23.8 Å². The van der Waals surface area contributed by atoms with E-state index in [2.05, 4.69) is 0 Å². The fraction of sp³-hybridized carbons (Fsp3) is 0.429. The molecule has 0 aliphatic carbocycles. The molecule has 0 bridgehead atoms. The molecule has 1 aliphatic rings. The van der Waals surface area contributed by atoms with E-state index in [0.29, 0.717) is 18.8 Å². The third-order valence-corrected chi connectivity index (χ3v) is 3.27. The minimum Gasteiger partial charge on any atom is -0.466 e. The van der Waals surface area contributed by atoms with Gasteiger partial charge in [0.25, 0.3) is 0 Å². The molecule has 0 saturated carbocycles. The first-order valence-electron chi connectivity index (χ1n) is 6.36. The van der Waals surface area contributed by atoms with Gasteiger partial charge in [-0.15, -0.1) is 0 Å². The van der Waals surface area contributed by atoms with Crippen LogP contribution in [-0.2, 0) is 14.3 Å². The van der Waals surface area contributed by atoms with Gasteiger partial charge in [-0.3, -0.25) is 9.59 Å². The number of hydrogen-bond acceptors (Lipinski definition) is 4. The zero-order valence-electron chi connectivity index (χ0n) is 11.2. The predicted octanol–water partition coefficient (Wildman–Crippen LogP) is 1.49. The Morgan fingerprint density at radius 2 is 2.26 bits per heavy atom. The number of hydrogen-bond donors (Lipinski definition) is 1. The summed E-state index contributed by atoms with van der Waals surface area (Å²) in [6, 6.07) is 5.43. The van der Waals surface area contributed by atoms with Gasteiger partial charge in [0, 0.05) is 24.3 Å². The second-order valence-corrected chi connectivity index (χ2v) is 4.70. The van der Waals surface area contributed by atoms with Crippen LogP contribution in [0.2, 0.25) is 0 Å². The Morgan fingerprint density at radius 1 is 1.53 bits per heavy atom. The Kier molecular flexibility index (Phi) is 3.74. The molecule has 1 fully saturated rings. The summed E-state index contributed by atoms with van der Waals surface area (Å²) in [5, 5.41) is 0. The van der Waals surface area contributed by atoms with Crippen LogP contribution >= 0.6 is 0 Å². The standard InChI is InChI=1S/C14H18N2O3/c1-3-19-14(18)10-6-13(17)16(8-10)12-7-11(15)5-4-9(12)2/h4-5,7,10H,3,6,8,15H2,1-2H3. The lowest BCUT2D eigenvalue weighted by atomic mass is 10.1. The van der Waals surface area contributed by atoms with Gasteiger partial charge >= 0.3 is 5.97 Å². The fourth-order valence-corrected chi connectivity index (χ4v) is 2.28. The quantitative estimate of drug-likeness (QED) is 0.661. The summed E-state index contributed by atoms with van der Waals surface area (Å²) in [6.07, 6.45) is 0.201. The maximum Gasteiger partial charge on any atom is 0.311 e. The van der Waals surface area contributed by atoms with Crippen molar-refractivity contribution in [3.05, 3.63) is 23.8 Å². The van der Waals surface area contributed by atoms with Crippen molar-refractivity contribution in [1.82, 2.24) is 0 Å². The van der Waals surface area contributed by atoms with Gasteiger partial charge < -0.3 is 15.4 Å². The number of nitrogens with two attached hydrogens (primary N) is 1. The largest absolute Gasteiger partial charge is 0.466 e. The fourth-order valence-electron chi connectivity index (χ4n) is 2.28. The Hall–Kier alpha value is -2.04. The number of carbonyl (C=O) groups excluding carboxylic acids is 2. The highest BCUT2D eigenvalue weighted by Crippen LogP contribution is 2.29. The number of amides is 1. The van der Waals surface area contributed by atoms with Crippen LogP contribution in [0.3, 0.4) is 0 Å². The summed E-state index contributed by atoms with van der Waals surface area (Å²) in [7, 11) is 0. The molecule has 1 aliphatic heterocycles. The van der Waals surface area contributed by atoms with Gasteiger partial charge in [0.05, 0.1) is 12.5 Å². The predicted molar refractivity (Wildman–Crippen MR) is 72.7 cm³/mol. The molecule has 5 heteroatoms. The summed E-state index contributed by atoms with van der Waals surface area (Å²) in [4.78, 5) is 25.3. The lowest BCUT2D eigenvalue weighted by Gasteiger charge is -2.19. The van der Waals surface area contributed by atoms with E-state index in [0.717, 1.165) is 11.3 Å². The molecule has 1 heterocycles. The van der Waals surface area contributed by atoms with E-state index < -0.39 is 0 Å². The number of anilines is 2. The van der Waals surface area contributed by atoms with Crippen LogP contribution < -0.4 is 10.6 Å². The highest BCUT2D eigenvalue weighted by atomic mass is 16.5. The van der Waals surface area contributed by atoms with Crippen molar-refractivity contribution in [1.29, 1.82) is 0 Å². The van der Waals surface area contributed by atoms with Crippen LogP contribution in [0.15, 0.2) is 18.2 Å². The smallest absolute Gasteiger partial charge is 0.311 e. The van der Waals surface area contributed by atoms with Crippen molar-refractivity contribution in [2.24, 2.45) is 5.92 Å². The van der Waals surface area contributed by atoms with E-state index in [4.69, 9.17) is 10.5 Å². The molecule has 102 valence electrons. The van der Waals surface area contributed by atoms with Crippen molar-refractivity contribution < 1.29 is 14.3 Å². The minimum absolute atomic E-state index is 0.0632. The normalized spacial score (nSPS) is 18.7. The zero-order valence-corrected chi connectivity index (χ0v) is 11.2. The molecule has 5 nitrogen and oxygen atoms in total. The first kappa shape index (κ1) is 13.4. The summed E-state index contributed by atoms with van der Waals surface area (Å²) >= 11 is 0. The van der Waals surface area contributed by atoms with Crippen molar-refractivity contribution in [3.8, 4) is 0 Å².